The van der Waals surface area contributed by atoms with E-state index in [0.29, 0.717) is 17.3 Å². The van der Waals surface area contributed by atoms with Gasteiger partial charge >= 0.3 is 5.97 Å². The lowest BCUT2D eigenvalue weighted by atomic mass is 9.99. The molecule has 2 atom stereocenters. The molecule has 166 valence electrons. The highest BCUT2D eigenvalue weighted by molar-refractivity contribution is 7.92. The van der Waals surface area contributed by atoms with Crippen LogP contribution in [0.5, 0.6) is 0 Å². The number of pyridine rings is 1. The first-order valence-corrected chi connectivity index (χ1v) is 11.7. The number of amides is 1. The van der Waals surface area contributed by atoms with Crippen LogP contribution in [0.2, 0.25) is 5.02 Å². The zero-order chi connectivity index (χ0) is 23.1. The summed E-state index contributed by atoms with van der Waals surface area (Å²) in [7, 11) is 0. The maximum atomic E-state index is 12.6. The van der Waals surface area contributed by atoms with Crippen LogP contribution in [0.4, 0.5) is 5.82 Å². The number of aromatic nitrogens is 1. The molecule has 3 aromatic rings. The first kappa shape index (κ1) is 23.6. The first-order chi connectivity index (χ1) is 15.3. The van der Waals surface area contributed by atoms with Gasteiger partial charge in [-0.15, -0.1) is 0 Å². The molecule has 0 saturated heterocycles. The summed E-state index contributed by atoms with van der Waals surface area (Å²) in [5, 5.41) is 12.7. The number of halogens is 1. The summed E-state index contributed by atoms with van der Waals surface area (Å²) in [4.78, 5) is 28.0. The number of anilines is 1. The van der Waals surface area contributed by atoms with Crippen LogP contribution in [0.15, 0.2) is 66.9 Å². The average Bonchev–Trinajstić information content (AvgIpc) is 2.74. The van der Waals surface area contributed by atoms with E-state index in [2.05, 4.69) is 15.0 Å². The largest absolute Gasteiger partial charge is 0.593 e. The number of nitrogens with one attached hydrogen (secondary N) is 2. The minimum atomic E-state index is -1.27. The third-order valence-electron chi connectivity index (χ3n) is 4.62. The van der Waals surface area contributed by atoms with Crippen molar-refractivity contribution in [3.63, 3.8) is 0 Å². The van der Waals surface area contributed by atoms with Crippen LogP contribution in [0, 0.1) is 0 Å². The van der Waals surface area contributed by atoms with E-state index >= 15 is 0 Å². The Balaban J connectivity index is 1.68. The molecule has 0 bridgehead atoms. The van der Waals surface area contributed by atoms with E-state index in [1.807, 2.05) is 48.5 Å². The molecule has 0 aliphatic heterocycles. The zero-order valence-corrected chi connectivity index (χ0v) is 18.8. The number of hydrogen-bond donors (Lipinski definition) is 3. The van der Waals surface area contributed by atoms with Crippen molar-refractivity contribution in [1.29, 1.82) is 0 Å². The smallest absolute Gasteiger partial charge is 0.305 e. The number of benzene rings is 2. The molecule has 1 heterocycles. The van der Waals surface area contributed by atoms with Gasteiger partial charge in [0, 0.05) is 17.3 Å². The maximum Gasteiger partial charge on any atom is 0.305 e. The van der Waals surface area contributed by atoms with Crippen molar-refractivity contribution in [3.05, 3.63) is 83.0 Å². The highest BCUT2D eigenvalue weighted by atomic mass is 35.5. The average molecular weight is 472 g/mol. The van der Waals surface area contributed by atoms with E-state index in [9.17, 15) is 19.2 Å². The lowest BCUT2D eigenvalue weighted by molar-refractivity contribution is -0.137. The zero-order valence-electron chi connectivity index (χ0n) is 17.2. The number of rotatable bonds is 9. The van der Waals surface area contributed by atoms with Gasteiger partial charge in [0.15, 0.2) is 5.82 Å². The van der Waals surface area contributed by atoms with Crippen molar-refractivity contribution in [2.75, 3.05) is 11.0 Å². The fourth-order valence-corrected chi connectivity index (χ4v) is 3.78. The van der Waals surface area contributed by atoms with Gasteiger partial charge in [0.1, 0.15) is 6.26 Å². The molecule has 0 saturated carbocycles. The van der Waals surface area contributed by atoms with Gasteiger partial charge in [-0.05, 0) is 47.4 Å². The van der Waals surface area contributed by atoms with Crippen LogP contribution < -0.4 is 10.0 Å². The van der Waals surface area contributed by atoms with Crippen LogP contribution in [0.25, 0.3) is 11.1 Å². The molecular weight excluding hydrogens is 450 g/mol. The van der Waals surface area contributed by atoms with Crippen LogP contribution in [0.3, 0.4) is 0 Å². The summed E-state index contributed by atoms with van der Waals surface area (Å²) in [6, 6.07) is 17.7. The predicted molar refractivity (Wildman–Crippen MR) is 126 cm³/mol. The molecule has 0 radical (unpaired) electrons. The third-order valence-corrected chi connectivity index (χ3v) is 5.36. The van der Waals surface area contributed by atoms with E-state index in [-0.39, 0.29) is 12.0 Å². The van der Waals surface area contributed by atoms with Crippen molar-refractivity contribution in [2.45, 2.75) is 18.9 Å². The van der Waals surface area contributed by atoms with E-state index in [4.69, 9.17) is 11.6 Å². The van der Waals surface area contributed by atoms with Gasteiger partial charge < -0.3 is 15.0 Å². The third kappa shape index (κ3) is 6.98. The second kappa shape index (κ2) is 11.0. The van der Waals surface area contributed by atoms with Crippen molar-refractivity contribution < 1.29 is 19.2 Å². The Morgan fingerprint density at radius 3 is 2.47 bits per heavy atom. The molecule has 1 aromatic heterocycles. The molecule has 3 rings (SSSR count). The summed E-state index contributed by atoms with van der Waals surface area (Å²) in [6.07, 6.45) is 2.96. The normalized spacial score (nSPS) is 12.6. The number of carboxylic acids is 1. The second-order valence-corrected chi connectivity index (χ2v) is 8.72. The highest BCUT2D eigenvalue weighted by Gasteiger charge is 2.18. The Kier molecular flexibility index (Phi) is 8.10. The van der Waals surface area contributed by atoms with E-state index in [1.54, 1.807) is 0 Å². The summed E-state index contributed by atoms with van der Waals surface area (Å²) in [6.45, 7) is 0. The molecule has 7 nitrogen and oxygen atoms in total. The van der Waals surface area contributed by atoms with Gasteiger partial charge in [-0.3, -0.25) is 9.59 Å². The van der Waals surface area contributed by atoms with Gasteiger partial charge in [0.2, 0.25) is 0 Å². The standard InChI is InChI=1S/C23H22ClN3O4S/c1-32(31)27-21-10-9-18(14-25-21)23(30)26-20(13-22(28)29)11-15-5-7-16(8-6-15)17-3-2-4-19(24)12-17/h2-10,12,14,20H,11,13H2,1H3,(H,25,27)(H,26,30)(H,28,29)/t20-,32?/m1/s1. The molecule has 0 spiro atoms. The van der Waals surface area contributed by atoms with Gasteiger partial charge in [0.25, 0.3) is 5.91 Å². The lowest BCUT2D eigenvalue weighted by Gasteiger charge is -2.17. The minimum Gasteiger partial charge on any atom is -0.593 e. The number of hydrogen-bond acceptors (Lipinski definition) is 5. The molecule has 0 aliphatic carbocycles. The van der Waals surface area contributed by atoms with Gasteiger partial charge in [0.05, 0.1) is 23.3 Å². The molecule has 0 aliphatic rings. The molecule has 3 N–H and O–H groups in total. The molecule has 0 fully saturated rings. The van der Waals surface area contributed by atoms with Crippen molar-refractivity contribution in [3.8, 4) is 11.1 Å². The quantitative estimate of drug-likeness (QED) is 0.407. The Labute approximate surface area is 194 Å². The van der Waals surface area contributed by atoms with Crippen molar-refractivity contribution in [2.24, 2.45) is 0 Å². The summed E-state index contributed by atoms with van der Waals surface area (Å²) in [5.41, 5.74) is 3.15. The summed E-state index contributed by atoms with van der Waals surface area (Å²) in [5.74, 6) is -1.05. The highest BCUT2D eigenvalue weighted by Crippen LogP contribution is 2.23. The Morgan fingerprint density at radius 2 is 1.88 bits per heavy atom. The van der Waals surface area contributed by atoms with Crippen LogP contribution in [-0.4, -0.2) is 38.8 Å². The molecular formula is C23H22ClN3O4S. The van der Waals surface area contributed by atoms with E-state index in [0.717, 1.165) is 16.7 Å². The summed E-state index contributed by atoms with van der Waals surface area (Å²) < 4.78 is 13.8. The van der Waals surface area contributed by atoms with Gasteiger partial charge in [-0.2, -0.15) is 4.72 Å². The number of carbonyl (C=O) groups is 2. The number of aliphatic carboxylic acids is 1. The monoisotopic (exact) mass is 471 g/mol. The Bertz CT molecular complexity index is 1080. The molecule has 32 heavy (non-hydrogen) atoms. The summed E-state index contributed by atoms with van der Waals surface area (Å²) >= 11 is 4.78. The molecule has 1 amide bonds. The molecule has 9 heteroatoms. The van der Waals surface area contributed by atoms with Gasteiger partial charge in [-0.1, -0.05) is 48.0 Å². The topological polar surface area (TPSA) is 114 Å². The minimum absolute atomic E-state index is 0.219. The van der Waals surface area contributed by atoms with Crippen molar-refractivity contribution >= 4 is 40.7 Å². The lowest BCUT2D eigenvalue weighted by Crippen LogP contribution is -2.38. The fraction of sp³-hybridized carbons (Fsp3) is 0.174. The van der Waals surface area contributed by atoms with E-state index < -0.39 is 29.3 Å². The van der Waals surface area contributed by atoms with Crippen molar-refractivity contribution in [1.82, 2.24) is 10.3 Å². The van der Waals surface area contributed by atoms with E-state index in [1.165, 1.54) is 24.6 Å². The van der Waals surface area contributed by atoms with Gasteiger partial charge in [-0.25, -0.2) is 4.98 Å². The Hall–Kier alpha value is -3.07. The first-order valence-electron chi connectivity index (χ1n) is 9.74. The number of nitrogens with zero attached hydrogens (tertiary/aromatic N) is 1. The molecule has 1 unspecified atom stereocenters. The Morgan fingerprint density at radius 1 is 1.12 bits per heavy atom. The van der Waals surface area contributed by atoms with Crippen LogP contribution in [0.1, 0.15) is 22.3 Å². The number of carbonyl (C=O) groups excluding carboxylic acids is 1. The van der Waals surface area contributed by atoms with Crippen LogP contribution >= 0.6 is 11.6 Å². The number of carboxylic acid groups (broad SMARTS) is 1. The molecule has 2 aromatic carbocycles. The SMILES string of the molecule is C[S+]([O-])Nc1ccc(C(=O)N[C@@H](CC(=O)O)Cc2ccc(-c3cccc(Cl)c3)cc2)cn1. The predicted octanol–water partition coefficient (Wildman–Crippen LogP) is 3.92. The second-order valence-electron chi connectivity index (χ2n) is 7.17. The van der Waals surface area contributed by atoms with Crippen LogP contribution in [-0.2, 0) is 22.6 Å². The maximum absolute atomic E-state index is 12.6. The fourth-order valence-electron chi connectivity index (χ4n) is 3.18.